The standard InChI is InChI=1S/C12H25NS/c1-11-6-8-13(12(2)10-11)7-4-3-5-9-14/h11-12,14H,3-10H2,1-2H3. The molecule has 0 spiro atoms. The van der Waals surface area contributed by atoms with Gasteiger partial charge < -0.3 is 4.90 Å². The molecule has 0 aliphatic carbocycles. The fourth-order valence-corrected chi connectivity index (χ4v) is 2.62. The largest absolute Gasteiger partial charge is 0.301 e. The molecule has 1 fully saturated rings. The van der Waals surface area contributed by atoms with E-state index in [0.29, 0.717) is 0 Å². The Kier molecular flexibility index (Phi) is 5.95. The molecular formula is C12H25NS. The number of hydrogen-bond acceptors (Lipinski definition) is 2. The van der Waals surface area contributed by atoms with E-state index in [0.717, 1.165) is 17.7 Å². The zero-order valence-corrected chi connectivity index (χ0v) is 10.6. The summed E-state index contributed by atoms with van der Waals surface area (Å²) in [5.74, 6) is 1.99. The Morgan fingerprint density at radius 3 is 2.64 bits per heavy atom. The molecule has 2 heteroatoms. The van der Waals surface area contributed by atoms with E-state index in [2.05, 4.69) is 31.4 Å². The smallest absolute Gasteiger partial charge is 0.00694 e. The average molecular weight is 215 g/mol. The van der Waals surface area contributed by atoms with Gasteiger partial charge in [-0.15, -0.1) is 0 Å². The first-order valence-corrected chi connectivity index (χ1v) is 6.72. The highest BCUT2D eigenvalue weighted by atomic mass is 32.1. The second-order valence-corrected chi connectivity index (χ2v) is 5.25. The molecule has 0 saturated carbocycles. The second-order valence-electron chi connectivity index (χ2n) is 4.80. The number of rotatable bonds is 5. The molecule has 0 bridgehead atoms. The maximum atomic E-state index is 4.24. The van der Waals surface area contributed by atoms with Crippen molar-refractivity contribution >= 4 is 12.6 Å². The molecule has 1 aliphatic heterocycles. The molecular weight excluding hydrogens is 190 g/mol. The lowest BCUT2D eigenvalue weighted by Gasteiger charge is -2.36. The maximum absolute atomic E-state index is 4.24. The van der Waals surface area contributed by atoms with Crippen molar-refractivity contribution in [3.63, 3.8) is 0 Å². The van der Waals surface area contributed by atoms with Crippen LogP contribution >= 0.6 is 12.6 Å². The minimum atomic E-state index is 0.815. The molecule has 0 amide bonds. The summed E-state index contributed by atoms with van der Waals surface area (Å²) in [5.41, 5.74) is 0. The van der Waals surface area contributed by atoms with Gasteiger partial charge in [0.25, 0.3) is 0 Å². The first-order chi connectivity index (χ1) is 6.74. The summed E-state index contributed by atoms with van der Waals surface area (Å²) in [4.78, 5) is 2.67. The number of piperidine rings is 1. The Morgan fingerprint density at radius 2 is 2.00 bits per heavy atom. The molecule has 1 nitrogen and oxygen atoms in total. The third-order valence-electron chi connectivity index (χ3n) is 3.38. The Bertz CT molecular complexity index is 149. The molecule has 1 heterocycles. The van der Waals surface area contributed by atoms with Gasteiger partial charge in [0.2, 0.25) is 0 Å². The van der Waals surface area contributed by atoms with Gasteiger partial charge in [-0.25, -0.2) is 0 Å². The van der Waals surface area contributed by atoms with Crippen molar-refractivity contribution in [2.24, 2.45) is 5.92 Å². The Morgan fingerprint density at radius 1 is 1.21 bits per heavy atom. The minimum absolute atomic E-state index is 0.815. The highest BCUT2D eigenvalue weighted by Gasteiger charge is 2.21. The summed E-state index contributed by atoms with van der Waals surface area (Å²) in [6.45, 7) is 7.40. The molecule has 0 aromatic rings. The third-order valence-corrected chi connectivity index (χ3v) is 3.70. The van der Waals surface area contributed by atoms with Crippen LogP contribution < -0.4 is 0 Å². The van der Waals surface area contributed by atoms with Crippen molar-refractivity contribution in [2.75, 3.05) is 18.8 Å². The van der Waals surface area contributed by atoms with Crippen molar-refractivity contribution in [3.8, 4) is 0 Å². The van der Waals surface area contributed by atoms with E-state index in [-0.39, 0.29) is 0 Å². The fourth-order valence-electron chi connectivity index (χ4n) is 2.39. The van der Waals surface area contributed by atoms with Crippen LogP contribution in [0.15, 0.2) is 0 Å². The molecule has 1 rings (SSSR count). The van der Waals surface area contributed by atoms with Gasteiger partial charge in [0.1, 0.15) is 0 Å². The maximum Gasteiger partial charge on any atom is 0.00694 e. The van der Waals surface area contributed by atoms with Crippen LogP contribution in [0.5, 0.6) is 0 Å². The first-order valence-electron chi connectivity index (χ1n) is 6.09. The zero-order valence-electron chi connectivity index (χ0n) is 9.71. The molecule has 1 saturated heterocycles. The third kappa shape index (κ3) is 4.22. The molecule has 0 N–H and O–H groups in total. The molecule has 14 heavy (non-hydrogen) atoms. The van der Waals surface area contributed by atoms with Crippen LogP contribution in [0, 0.1) is 5.92 Å². The van der Waals surface area contributed by atoms with E-state index in [1.54, 1.807) is 0 Å². The van der Waals surface area contributed by atoms with Crippen LogP contribution in [0.2, 0.25) is 0 Å². The van der Waals surface area contributed by atoms with E-state index >= 15 is 0 Å². The topological polar surface area (TPSA) is 3.24 Å². The minimum Gasteiger partial charge on any atom is -0.301 e. The normalized spacial score (nSPS) is 29.4. The molecule has 0 aromatic heterocycles. The van der Waals surface area contributed by atoms with Crippen LogP contribution in [0.3, 0.4) is 0 Å². The number of nitrogens with zero attached hydrogens (tertiary/aromatic N) is 1. The van der Waals surface area contributed by atoms with E-state index in [9.17, 15) is 0 Å². The van der Waals surface area contributed by atoms with Crippen molar-refractivity contribution in [1.29, 1.82) is 0 Å². The highest BCUT2D eigenvalue weighted by Crippen LogP contribution is 2.22. The van der Waals surface area contributed by atoms with Gasteiger partial charge >= 0.3 is 0 Å². The van der Waals surface area contributed by atoms with Crippen molar-refractivity contribution in [2.45, 2.75) is 52.0 Å². The van der Waals surface area contributed by atoms with E-state index < -0.39 is 0 Å². The Hall–Kier alpha value is 0.310. The predicted octanol–water partition coefficient (Wildman–Crippen LogP) is 3.21. The summed E-state index contributed by atoms with van der Waals surface area (Å²) >= 11 is 4.24. The van der Waals surface area contributed by atoms with Gasteiger partial charge in [0.05, 0.1) is 0 Å². The van der Waals surface area contributed by atoms with E-state index in [4.69, 9.17) is 0 Å². The fraction of sp³-hybridized carbons (Fsp3) is 1.00. The van der Waals surface area contributed by atoms with Gasteiger partial charge in [0.15, 0.2) is 0 Å². The quantitative estimate of drug-likeness (QED) is 0.544. The molecule has 0 radical (unpaired) electrons. The lowest BCUT2D eigenvalue weighted by Crippen LogP contribution is -2.40. The lowest BCUT2D eigenvalue weighted by molar-refractivity contribution is 0.127. The Balaban J connectivity index is 2.11. The number of hydrogen-bond donors (Lipinski definition) is 1. The van der Waals surface area contributed by atoms with Gasteiger partial charge in [-0.2, -0.15) is 12.6 Å². The molecule has 1 aliphatic rings. The van der Waals surface area contributed by atoms with Crippen LogP contribution in [0.1, 0.15) is 46.0 Å². The highest BCUT2D eigenvalue weighted by molar-refractivity contribution is 7.80. The van der Waals surface area contributed by atoms with Gasteiger partial charge in [-0.1, -0.05) is 13.3 Å². The van der Waals surface area contributed by atoms with Gasteiger partial charge in [-0.3, -0.25) is 0 Å². The zero-order chi connectivity index (χ0) is 10.4. The summed E-state index contributed by atoms with van der Waals surface area (Å²) in [6, 6.07) is 0.815. The number of thiol groups is 1. The van der Waals surface area contributed by atoms with E-state index in [1.165, 1.54) is 45.2 Å². The van der Waals surface area contributed by atoms with Gasteiger partial charge in [-0.05, 0) is 57.4 Å². The molecule has 2 atom stereocenters. The van der Waals surface area contributed by atoms with Crippen LogP contribution in [0.25, 0.3) is 0 Å². The molecule has 2 unspecified atom stereocenters. The van der Waals surface area contributed by atoms with Crippen LogP contribution in [-0.4, -0.2) is 29.8 Å². The Labute approximate surface area is 94.7 Å². The summed E-state index contributed by atoms with van der Waals surface area (Å²) in [7, 11) is 0. The summed E-state index contributed by atoms with van der Waals surface area (Å²) in [5, 5.41) is 0. The summed E-state index contributed by atoms with van der Waals surface area (Å²) < 4.78 is 0. The number of likely N-dealkylation sites (tertiary alicyclic amines) is 1. The lowest BCUT2D eigenvalue weighted by atomic mass is 9.93. The predicted molar refractivity (Wildman–Crippen MR) is 67.1 cm³/mol. The number of unbranched alkanes of at least 4 members (excludes halogenated alkanes) is 2. The van der Waals surface area contributed by atoms with Crippen molar-refractivity contribution < 1.29 is 0 Å². The average Bonchev–Trinajstić information content (AvgIpc) is 2.15. The first kappa shape index (κ1) is 12.4. The molecule has 84 valence electrons. The second kappa shape index (κ2) is 6.73. The van der Waals surface area contributed by atoms with E-state index in [1.807, 2.05) is 0 Å². The van der Waals surface area contributed by atoms with Crippen molar-refractivity contribution in [3.05, 3.63) is 0 Å². The van der Waals surface area contributed by atoms with Gasteiger partial charge in [0, 0.05) is 6.04 Å². The van der Waals surface area contributed by atoms with Crippen LogP contribution in [-0.2, 0) is 0 Å². The van der Waals surface area contributed by atoms with Crippen molar-refractivity contribution in [1.82, 2.24) is 4.90 Å². The summed E-state index contributed by atoms with van der Waals surface area (Å²) in [6.07, 6.45) is 6.78. The van der Waals surface area contributed by atoms with Crippen LogP contribution in [0.4, 0.5) is 0 Å². The monoisotopic (exact) mass is 215 g/mol. The molecule has 0 aromatic carbocycles. The SMILES string of the molecule is CC1CCN(CCCCCS)C(C)C1.